The van der Waals surface area contributed by atoms with Gasteiger partial charge in [-0.25, -0.2) is 4.99 Å². The van der Waals surface area contributed by atoms with Crippen molar-refractivity contribution in [3.05, 3.63) is 218 Å². The van der Waals surface area contributed by atoms with Gasteiger partial charge in [-0.3, -0.25) is 14.5 Å². The second-order valence-corrected chi connectivity index (χ2v) is 17.0. The minimum absolute atomic E-state index is 0.0423. The summed E-state index contributed by atoms with van der Waals surface area (Å²) in [7, 11) is -3.74. The van der Waals surface area contributed by atoms with Gasteiger partial charge in [-0.1, -0.05) is 188 Å². The molecule has 0 atom stereocenters. The van der Waals surface area contributed by atoms with E-state index in [-0.39, 0.29) is 68.7 Å². The van der Waals surface area contributed by atoms with Crippen molar-refractivity contribution in [2.24, 2.45) is 9.98 Å². The summed E-state index contributed by atoms with van der Waals surface area (Å²) in [5.41, 5.74) is 0.426. The predicted molar refractivity (Wildman–Crippen MR) is 242 cm³/mol. The first-order valence-electron chi connectivity index (χ1n) is 24.2. The Kier molecular flexibility index (Phi) is 5.91. The highest BCUT2D eigenvalue weighted by Crippen LogP contribution is 2.30. The summed E-state index contributed by atoms with van der Waals surface area (Å²) < 4.78 is 112. The second kappa shape index (κ2) is 14.3. The van der Waals surface area contributed by atoms with Crippen LogP contribution in [0.25, 0.3) is 43.6 Å². The summed E-state index contributed by atoms with van der Waals surface area (Å²) in [5, 5.41) is 13.6. The molecule has 0 aliphatic rings. The van der Waals surface area contributed by atoms with E-state index in [1.807, 2.05) is 91.0 Å². The molecular weight excluding hydrogens is 711 g/mol. The van der Waals surface area contributed by atoms with Crippen molar-refractivity contribution in [2.45, 2.75) is 0 Å². The highest BCUT2D eigenvalue weighted by molar-refractivity contribution is 7.19. The fourth-order valence-corrected chi connectivity index (χ4v) is 12.2. The molecule has 0 aliphatic heterocycles. The lowest BCUT2D eigenvalue weighted by atomic mass is 10.2. The van der Waals surface area contributed by atoms with Crippen molar-refractivity contribution in [3.63, 3.8) is 0 Å². The molecule has 270 valence electrons. The molecule has 0 amide bonds. The van der Waals surface area contributed by atoms with E-state index in [1.54, 1.807) is 48.5 Å². The van der Waals surface area contributed by atoms with Crippen LogP contribution in [0.2, 0.25) is 0 Å². The number of aliphatic imine (C=N–C) groups is 2. The zero-order valence-corrected chi connectivity index (χ0v) is 31.1. The van der Waals surface area contributed by atoms with Crippen molar-refractivity contribution in [1.29, 1.82) is 5.41 Å². The molecule has 0 unspecified atom stereocenters. The van der Waals surface area contributed by atoms with Gasteiger partial charge in [0.05, 0.1) is 38.5 Å². The molecule has 0 spiro atoms. The number of benzene rings is 8. The first-order valence-corrected chi connectivity index (χ1v) is 20.2. The van der Waals surface area contributed by atoms with Crippen LogP contribution < -0.4 is 20.7 Å². The topological polar surface area (TPSA) is 58.4 Å². The van der Waals surface area contributed by atoms with E-state index in [1.165, 1.54) is 15.5 Å². The summed E-state index contributed by atoms with van der Waals surface area (Å²) in [5.74, 6) is -1.08. The lowest BCUT2D eigenvalue weighted by Gasteiger charge is -2.34. The highest BCUT2D eigenvalue weighted by Gasteiger charge is 2.41. The van der Waals surface area contributed by atoms with Gasteiger partial charge in [0.15, 0.2) is 13.9 Å². The Balaban J connectivity index is 1.31. The third-order valence-electron chi connectivity index (χ3n) is 10.2. The third-order valence-corrected chi connectivity index (χ3v) is 14.8. The normalized spacial score (nSPS) is 15.3. The van der Waals surface area contributed by atoms with Crippen LogP contribution in [0.5, 0.6) is 0 Å². The minimum Gasteiger partial charge on any atom is -0.300 e. The van der Waals surface area contributed by atoms with Gasteiger partial charge in [-0.05, 0) is 45.0 Å². The summed E-state index contributed by atoms with van der Waals surface area (Å²) >= 11 is 0. The number of rotatable bonds is 6. The SMILES string of the molecule is [2H]c1c([2H])c(C(=N)N=C(/N=C/n2c3ccccc3c3c([2H])c([2H])c([2H])c([2H])c32)n2c3ccccc3c3c([2H])c([2H])c([2H])c([2H])c32)c([2H])c([Si](c2ccccc2)(c2ccccc2)c2ccccc2)c1[2H]. The Morgan fingerprint density at radius 1 is 0.491 bits per heavy atom. The Morgan fingerprint density at radius 2 is 1.00 bits per heavy atom. The van der Waals surface area contributed by atoms with Crippen molar-refractivity contribution < 1.29 is 16.4 Å². The van der Waals surface area contributed by atoms with E-state index in [4.69, 9.17) is 19.6 Å². The first kappa shape index (κ1) is 23.5. The molecular formula is C51H37N5Si. The summed E-state index contributed by atoms with van der Waals surface area (Å²) in [6.07, 6.45) is 1.26. The second-order valence-electron chi connectivity index (χ2n) is 13.3. The van der Waals surface area contributed by atoms with Crippen LogP contribution in [0.15, 0.2) is 222 Å². The predicted octanol–water partition coefficient (Wildman–Crippen LogP) is 9.09. The van der Waals surface area contributed by atoms with E-state index in [0.29, 0.717) is 21.8 Å². The van der Waals surface area contributed by atoms with Crippen LogP contribution in [-0.2, 0) is 0 Å². The molecule has 2 aromatic heterocycles. The molecule has 57 heavy (non-hydrogen) atoms. The fourth-order valence-electron chi connectivity index (χ4n) is 7.74. The molecule has 0 saturated heterocycles. The van der Waals surface area contributed by atoms with Gasteiger partial charge < -0.3 is 0 Å². The molecule has 0 fully saturated rings. The van der Waals surface area contributed by atoms with Crippen molar-refractivity contribution in [2.75, 3.05) is 0 Å². The van der Waals surface area contributed by atoms with E-state index in [0.717, 1.165) is 15.6 Å². The van der Waals surface area contributed by atoms with Gasteiger partial charge in [0.2, 0.25) is 5.96 Å². The standard InChI is InChI=1S/C51H37N5Si/c52-50(37-19-18-26-41(35-37)57(38-20-4-1-5-21-38,39-22-6-2-7-23-39)40-24-8-3-9-25-40)54-51(56-48-33-16-12-29-44(48)45-30-13-17-34-49(45)56)53-36-55-46-31-14-10-27-42(46)43-28-11-15-32-47(43)55/h1-36,52H/b52-50?,53-36+,54-51?/i10D,12D,14D,16D,18D,19D,26D,27D,29D,31D,33D,35D. The van der Waals surface area contributed by atoms with Crippen LogP contribution in [0, 0.1) is 5.41 Å². The van der Waals surface area contributed by atoms with Crippen LogP contribution in [0.4, 0.5) is 0 Å². The molecule has 10 aromatic rings. The molecule has 0 bridgehead atoms. The van der Waals surface area contributed by atoms with E-state index in [2.05, 4.69) is 0 Å². The maximum Gasteiger partial charge on any atom is 0.238 e. The quantitative estimate of drug-likeness (QED) is 0.0762. The molecule has 0 radical (unpaired) electrons. The molecule has 6 heteroatoms. The van der Waals surface area contributed by atoms with Crippen LogP contribution in [0.1, 0.15) is 22.0 Å². The molecule has 5 nitrogen and oxygen atoms in total. The maximum absolute atomic E-state index is 10.1. The Morgan fingerprint density at radius 3 is 1.63 bits per heavy atom. The number of para-hydroxylation sites is 4. The van der Waals surface area contributed by atoms with Crippen molar-refractivity contribution in [1.82, 2.24) is 9.13 Å². The van der Waals surface area contributed by atoms with Gasteiger partial charge in [0.25, 0.3) is 0 Å². The zero-order valence-electron chi connectivity index (χ0n) is 42.1. The average Bonchev–Trinajstić information content (AvgIpc) is 3.90. The Hall–Kier alpha value is -7.41. The maximum atomic E-state index is 10.1. The fraction of sp³-hybridized carbons (Fsp3) is 0. The number of hydrogen-bond donors (Lipinski definition) is 1. The average molecular weight is 760 g/mol. The number of amidine groups is 1. The van der Waals surface area contributed by atoms with Gasteiger partial charge in [-0.15, -0.1) is 0 Å². The molecule has 8 aromatic carbocycles. The molecule has 0 aliphatic carbocycles. The van der Waals surface area contributed by atoms with Crippen LogP contribution in [-0.4, -0.2) is 35.3 Å². The first-order chi connectivity index (χ1) is 33.2. The van der Waals surface area contributed by atoms with Crippen molar-refractivity contribution >= 4 is 90.6 Å². The molecule has 1 N–H and O–H groups in total. The van der Waals surface area contributed by atoms with Crippen LogP contribution in [0.3, 0.4) is 0 Å². The van der Waals surface area contributed by atoms with E-state index in [9.17, 15) is 12.3 Å². The minimum atomic E-state index is -3.74. The Bertz CT molecular complexity index is 3740. The summed E-state index contributed by atoms with van der Waals surface area (Å²) in [4.78, 5) is 9.60. The number of aromatic nitrogens is 2. The summed E-state index contributed by atoms with van der Waals surface area (Å²) in [6, 6.07) is 36.9. The molecule has 0 saturated carbocycles. The van der Waals surface area contributed by atoms with Crippen molar-refractivity contribution in [3.8, 4) is 0 Å². The smallest absolute Gasteiger partial charge is 0.238 e. The Labute approximate surface area is 348 Å². The summed E-state index contributed by atoms with van der Waals surface area (Å²) in [6.45, 7) is 0. The molecule has 2 heterocycles. The highest BCUT2D eigenvalue weighted by atomic mass is 28.3. The van der Waals surface area contributed by atoms with Gasteiger partial charge in [0.1, 0.15) is 6.34 Å². The monoisotopic (exact) mass is 759 g/mol. The largest absolute Gasteiger partial charge is 0.300 e. The number of nitrogens with zero attached hydrogens (tertiary/aromatic N) is 4. The zero-order chi connectivity index (χ0) is 48.6. The number of hydrogen-bond acceptors (Lipinski definition) is 1. The number of nitrogens with one attached hydrogen (secondary N) is 1. The van der Waals surface area contributed by atoms with Gasteiger partial charge in [-0.2, -0.15) is 4.99 Å². The number of fused-ring (bicyclic) bond motifs is 6. The van der Waals surface area contributed by atoms with E-state index >= 15 is 0 Å². The van der Waals surface area contributed by atoms with Gasteiger partial charge >= 0.3 is 0 Å². The van der Waals surface area contributed by atoms with Crippen LogP contribution >= 0.6 is 0 Å². The lowest BCUT2D eigenvalue weighted by molar-refractivity contribution is 1.21. The third kappa shape index (κ3) is 5.74. The lowest BCUT2D eigenvalue weighted by Crippen LogP contribution is -2.74. The van der Waals surface area contributed by atoms with Gasteiger partial charge in [0, 0.05) is 27.1 Å². The molecule has 10 rings (SSSR count). The van der Waals surface area contributed by atoms with E-state index < -0.39 is 56.2 Å².